The summed E-state index contributed by atoms with van der Waals surface area (Å²) in [6.07, 6.45) is 0. The predicted octanol–water partition coefficient (Wildman–Crippen LogP) is 2.97. The Morgan fingerprint density at radius 1 is 1.35 bits per heavy atom. The molecule has 0 fully saturated rings. The smallest absolute Gasteiger partial charge is 0.312 e. The van der Waals surface area contributed by atoms with Crippen molar-refractivity contribution in [1.29, 1.82) is 0 Å². The van der Waals surface area contributed by atoms with Gasteiger partial charge in [0, 0.05) is 6.54 Å². The van der Waals surface area contributed by atoms with Gasteiger partial charge in [-0.2, -0.15) is 5.10 Å². The molecule has 2 aromatic heterocycles. The van der Waals surface area contributed by atoms with Crippen molar-refractivity contribution in [2.75, 3.05) is 0 Å². The molecule has 3 aromatic rings. The van der Waals surface area contributed by atoms with Crippen LogP contribution in [0.3, 0.4) is 0 Å². The van der Waals surface area contributed by atoms with E-state index < -0.39 is 4.92 Å². The molecule has 0 amide bonds. The van der Waals surface area contributed by atoms with Crippen LogP contribution in [0.4, 0.5) is 10.1 Å². The molecule has 0 unspecified atom stereocenters. The Kier molecular flexibility index (Phi) is 3.59. The van der Waals surface area contributed by atoms with Crippen LogP contribution in [-0.4, -0.2) is 24.3 Å². The SMILES string of the molecule is CCn1c(Cn2nc(C)c([N+](=O)[O-])c2C)nc2c(F)cccc21. The highest BCUT2D eigenvalue weighted by Crippen LogP contribution is 2.24. The van der Waals surface area contributed by atoms with Gasteiger partial charge in [-0.3, -0.25) is 14.8 Å². The van der Waals surface area contributed by atoms with Gasteiger partial charge in [0.15, 0.2) is 5.82 Å². The van der Waals surface area contributed by atoms with Crippen LogP contribution in [0.1, 0.15) is 24.1 Å². The number of hydrogen-bond donors (Lipinski definition) is 0. The Balaban J connectivity index is 2.11. The maximum absolute atomic E-state index is 13.9. The summed E-state index contributed by atoms with van der Waals surface area (Å²) in [5.74, 6) is 0.239. The number of imidazole rings is 1. The second-order valence-electron chi connectivity index (χ2n) is 5.31. The molecule has 0 radical (unpaired) electrons. The van der Waals surface area contributed by atoms with Gasteiger partial charge >= 0.3 is 5.69 Å². The number of rotatable bonds is 4. The van der Waals surface area contributed by atoms with Crippen molar-refractivity contribution >= 4 is 16.7 Å². The molecule has 3 rings (SSSR count). The second-order valence-corrected chi connectivity index (χ2v) is 5.31. The molecule has 0 aliphatic rings. The molecule has 8 heteroatoms. The van der Waals surface area contributed by atoms with Crippen molar-refractivity contribution in [3.05, 3.63) is 51.3 Å². The fourth-order valence-electron chi connectivity index (χ4n) is 2.87. The summed E-state index contributed by atoms with van der Waals surface area (Å²) in [7, 11) is 0. The topological polar surface area (TPSA) is 78.8 Å². The molecule has 0 atom stereocenters. The molecule has 1 aromatic carbocycles. The maximum Gasteiger partial charge on any atom is 0.312 e. The molecule has 120 valence electrons. The van der Waals surface area contributed by atoms with Gasteiger partial charge in [-0.25, -0.2) is 9.37 Å². The van der Waals surface area contributed by atoms with E-state index in [9.17, 15) is 14.5 Å². The summed E-state index contributed by atoms with van der Waals surface area (Å²) in [5, 5.41) is 15.3. The zero-order chi connectivity index (χ0) is 16.7. The molecule has 2 heterocycles. The minimum Gasteiger partial charge on any atom is -0.327 e. The number of nitrogens with zero attached hydrogens (tertiary/aromatic N) is 5. The van der Waals surface area contributed by atoms with Crippen LogP contribution in [0.2, 0.25) is 0 Å². The quantitative estimate of drug-likeness (QED) is 0.547. The van der Waals surface area contributed by atoms with Gasteiger partial charge in [0.25, 0.3) is 0 Å². The minimum absolute atomic E-state index is 0.00957. The third kappa shape index (κ3) is 2.36. The molecule has 0 spiro atoms. The van der Waals surface area contributed by atoms with Crippen LogP contribution in [0.5, 0.6) is 0 Å². The number of aromatic nitrogens is 4. The van der Waals surface area contributed by atoms with E-state index in [4.69, 9.17) is 0 Å². The predicted molar refractivity (Wildman–Crippen MR) is 82.8 cm³/mol. The number of benzene rings is 1. The van der Waals surface area contributed by atoms with E-state index in [1.807, 2.05) is 17.6 Å². The summed E-state index contributed by atoms with van der Waals surface area (Å²) in [6, 6.07) is 4.82. The first-order valence-electron chi connectivity index (χ1n) is 7.26. The van der Waals surface area contributed by atoms with Crippen molar-refractivity contribution in [2.45, 2.75) is 33.9 Å². The summed E-state index contributed by atoms with van der Waals surface area (Å²) in [4.78, 5) is 15.0. The highest BCUT2D eigenvalue weighted by molar-refractivity contribution is 5.76. The van der Waals surface area contributed by atoms with Gasteiger partial charge in [-0.05, 0) is 32.9 Å². The number of nitro groups is 1. The summed E-state index contributed by atoms with van der Waals surface area (Å²) < 4.78 is 17.4. The van der Waals surface area contributed by atoms with E-state index in [0.29, 0.717) is 34.8 Å². The fourth-order valence-corrected chi connectivity index (χ4v) is 2.87. The molecule has 23 heavy (non-hydrogen) atoms. The number of para-hydroxylation sites is 1. The van der Waals surface area contributed by atoms with E-state index in [0.717, 1.165) is 0 Å². The van der Waals surface area contributed by atoms with Crippen molar-refractivity contribution in [2.24, 2.45) is 0 Å². The molecule has 0 aliphatic heterocycles. The lowest BCUT2D eigenvalue weighted by Gasteiger charge is -2.07. The maximum atomic E-state index is 13.9. The van der Waals surface area contributed by atoms with Gasteiger partial charge in [-0.1, -0.05) is 6.07 Å². The highest BCUT2D eigenvalue weighted by Gasteiger charge is 2.23. The molecule has 0 aliphatic carbocycles. The third-order valence-electron chi connectivity index (χ3n) is 3.94. The van der Waals surface area contributed by atoms with Gasteiger partial charge in [0.2, 0.25) is 0 Å². The standard InChI is InChI=1S/C15H16FN5O2/c1-4-19-12-7-5-6-11(16)14(12)17-13(19)8-20-10(3)15(21(22)23)9(2)18-20/h5-7H,4,8H2,1-3H3. The average molecular weight is 317 g/mol. The Morgan fingerprint density at radius 3 is 2.70 bits per heavy atom. The third-order valence-corrected chi connectivity index (χ3v) is 3.94. The Morgan fingerprint density at radius 2 is 2.09 bits per heavy atom. The highest BCUT2D eigenvalue weighted by atomic mass is 19.1. The lowest BCUT2D eigenvalue weighted by atomic mass is 10.3. The lowest BCUT2D eigenvalue weighted by molar-refractivity contribution is -0.386. The van der Waals surface area contributed by atoms with Crippen LogP contribution in [0, 0.1) is 29.8 Å². The summed E-state index contributed by atoms with van der Waals surface area (Å²) >= 11 is 0. The first kappa shape index (κ1) is 15.1. The molecule has 7 nitrogen and oxygen atoms in total. The largest absolute Gasteiger partial charge is 0.327 e. The molecular weight excluding hydrogens is 301 g/mol. The normalized spacial score (nSPS) is 11.3. The van der Waals surface area contributed by atoms with Gasteiger partial charge in [-0.15, -0.1) is 0 Å². The van der Waals surface area contributed by atoms with E-state index in [2.05, 4.69) is 10.1 Å². The molecule has 0 saturated heterocycles. The number of fused-ring (bicyclic) bond motifs is 1. The summed E-state index contributed by atoms with van der Waals surface area (Å²) in [5.41, 5.74) is 1.84. The zero-order valence-corrected chi connectivity index (χ0v) is 13.1. The van der Waals surface area contributed by atoms with Crippen LogP contribution in [-0.2, 0) is 13.1 Å². The molecule has 0 saturated carbocycles. The van der Waals surface area contributed by atoms with Crippen molar-refractivity contribution in [3.8, 4) is 0 Å². The Hall–Kier alpha value is -2.77. The first-order chi connectivity index (χ1) is 10.9. The van der Waals surface area contributed by atoms with Gasteiger partial charge in [0.05, 0.1) is 17.0 Å². The molecule has 0 bridgehead atoms. The van der Waals surface area contributed by atoms with E-state index in [1.165, 1.54) is 6.07 Å². The van der Waals surface area contributed by atoms with Crippen molar-refractivity contribution in [1.82, 2.24) is 19.3 Å². The molecule has 0 N–H and O–H groups in total. The average Bonchev–Trinajstić information content (AvgIpc) is 2.97. The van der Waals surface area contributed by atoms with Gasteiger partial charge in [0.1, 0.15) is 22.7 Å². The lowest BCUT2D eigenvalue weighted by Crippen LogP contribution is -2.10. The van der Waals surface area contributed by atoms with Gasteiger partial charge < -0.3 is 4.57 Å². The van der Waals surface area contributed by atoms with Crippen molar-refractivity contribution < 1.29 is 9.31 Å². The number of aryl methyl sites for hydroxylation is 2. The number of hydrogen-bond acceptors (Lipinski definition) is 4. The van der Waals surface area contributed by atoms with E-state index in [1.54, 1.807) is 24.6 Å². The number of halogens is 1. The Labute approximate surface area is 131 Å². The second kappa shape index (κ2) is 5.45. The van der Waals surface area contributed by atoms with Crippen LogP contribution in [0.25, 0.3) is 11.0 Å². The van der Waals surface area contributed by atoms with E-state index in [-0.39, 0.29) is 18.0 Å². The van der Waals surface area contributed by atoms with Crippen molar-refractivity contribution in [3.63, 3.8) is 0 Å². The van der Waals surface area contributed by atoms with Crippen LogP contribution < -0.4 is 0 Å². The van der Waals surface area contributed by atoms with Crippen LogP contribution >= 0.6 is 0 Å². The minimum atomic E-state index is -0.434. The molecular formula is C15H16FN5O2. The van der Waals surface area contributed by atoms with Crippen LogP contribution in [0.15, 0.2) is 18.2 Å². The van der Waals surface area contributed by atoms with E-state index >= 15 is 0 Å². The first-order valence-corrected chi connectivity index (χ1v) is 7.26. The fraction of sp³-hybridized carbons (Fsp3) is 0.333. The monoisotopic (exact) mass is 317 g/mol. The Bertz CT molecular complexity index is 912. The zero-order valence-electron chi connectivity index (χ0n) is 13.1. The summed E-state index contributed by atoms with van der Waals surface area (Å²) in [6.45, 7) is 6.07.